The van der Waals surface area contributed by atoms with E-state index in [1.807, 2.05) is 6.92 Å². The van der Waals surface area contributed by atoms with Crippen molar-refractivity contribution in [3.05, 3.63) is 39.2 Å². The number of nitro benzene ring substituents is 1. The van der Waals surface area contributed by atoms with Crippen molar-refractivity contribution in [2.45, 2.75) is 52.7 Å². The van der Waals surface area contributed by atoms with Crippen LogP contribution in [0.15, 0.2) is 12.1 Å². The minimum absolute atomic E-state index is 0.0249. The molecule has 14 heteroatoms. The number of hydrogen-bond donors (Lipinski definition) is 0. The van der Waals surface area contributed by atoms with Gasteiger partial charge in [0, 0.05) is 12.5 Å². The summed E-state index contributed by atoms with van der Waals surface area (Å²) in [6.07, 6.45) is 0.541. The number of carbonyl (C=O) groups excluding carboxylic acids is 3. The van der Waals surface area contributed by atoms with Crippen molar-refractivity contribution in [3.63, 3.8) is 0 Å². The summed E-state index contributed by atoms with van der Waals surface area (Å²) in [5, 5.41) is 19.8. The number of carbonyl (C=O) groups is 3. The SMILES string of the molecule is CCCCCOC(=O)OC(CC)n1nc(C(=O)OCC)c(C(=O)c2cc(OC)c(OC)cc2[N+](=O)[O-])n1. The molecule has 1 heterocycles. The summed E-state index contributed by atoms with van der Waals surface area (Å²) < 4.78 is 25.5. The lowest BCUT2D eigenvalue weighted by Crippen LogP contribution is -2.20. The number of unbranched alkanes of at least 4 members (excludes halogenated alkanes) is 2. The van der Waals surface area contributed by atoms with E-state index in [1.54, 1.807) is 13.8 Å². The summed E-state index contributed by atoms with van der Waals surface area (Å²) in [6, 6.07) is 2.13. The van der Waals surface area contributed by atoms with Gasteiger partial charge in [-0.3, -0.25) is 14.9 Å². The highest BCUT2D eigenvalue weighted by Gasteiger charge is 2.33. The normalized spacial score (nSPS) is 11.4. The molecule has 0 N–H and O–H groups in total. The molecule has 2 rings (SSSR count). The second kappa shape index (κ2) is 13.8. The van der Waals surface area contributed by atoms with E-state index in [1.165, 1.54) is 14.2 Å². The van der Waals surface area contributed by atoms with E-state index in [0.29, 0.717) is 6.42 Å². The lowest BCUT2D eigenvalue weighted by atomic mass is 10.0. The number of methoxy groups -OCH3 is 2. The molecule has 14 nitrogen and oxygen atoms in total. The number of nitro groups is 1. The van der Waals surface area contributed by atoms with Crippen LogP contribution < -0.4 is 9.47 Å². The van der Waals surface area contributed by atoms with E-state index in [2.05, 4.69) is 10.2 Å². The summed E-state index contributed by atoms with van der Waals surface area (Å²) in [5.41, 5.74) is -2.07. The summed E-state index contributed by atoms with van der Waals surface area (Å²) in [7, 11) is 2.58. The molecule has 0 spiro atoms. The summed E-state index contributed by atoms with van der Waals surface area (Å²) >= 11 is 0. The monoisotopic (exact) mass is 522 g/mol. The van der Waals surface area contributed by atoms with Crippen LogP contribution in [0, 0.1) is 10.1 Å². The van der Waals surface area contributed by atoms with Crippen LogP contribution in [0.25, 0.3) is 0 Å². The fraction of sp³-hybridized carbons (Fsp3) is 0.522. The predicted octanol–water partition coefficient (Wildman–Crippen LogP) is 3.86. The Balaban J connectivity index is 2.51. The van der Waals surface area contributed by atoms with Crippen LogP contribution >= 0.6 is 0 Å². The van der Waals surface area contributed by atoms with Crippen LogP contribution in [-0.2, 0) is 14.2 Å². The summed E-state index contributed by atoms with van der Waals surface area (Å²) in [4.78, 5) is 49.9. The molecule has 0 amide bonds. The Morgan fingerprint density at radius 2 is 1.65 bits per heavy atom. The highest BCUT2D eigenvalue weighted by atomic mass is 16.7. The molecule has 202 valence electrons. The van der Waals surface area contributed by atoms with Gasteiger partial charge in [0.2, 0.25) is 17.7 Å². The standard InChI is InChI=1S/C23H30N4O10/c1-6-9-10-11-36-23(30)37-18(7-2)26-24-19(20(25-26)22(29)35-8-3)21(28)14-12-16(33-4)17(34-5)13-15(14)27(31)32/h12-13,18H,6-11H2,1-5H3. The van der Waals surface area contributed by atoms with Crippen molar-refractivity contribution in [3.8, 4) is 11.5 Å². The number of nitrogens with zero attached hydrogens (tertiary/aromatic N) is 4. The Hall–Kier alpha value is -4.23. The molecular formula is C23H30N4O10. The molecule has 0 bridgehead atoms. The average Bonchev–Trinajstić information content (AvgIpc) is 3.34. The number of ether oxygens (including phenoxy) is 5. The molecule has 0 aliphatic heterocycles. The maximum Gasteiger partial charge on any atom is 0.510 e. The molecule has 1 aromatic heterocycles. The van der Waals surface area contributed by atoms with Gasteiger partial charge in [0.15, 0.2) is 17.2 Å². The van der Waals surface area contributed by atoms with Crippen molar-refractivity contribution >= 4 is 23.6 Å². The van der Waals surface area contributed by atoms with Gasteiger partial charge in [0.05, 0.1) is 38.4 Å². The van der Waals surface area contributed by atoms with E-state index in [4.69, 9.17) is 23.7 Å². The zero-order valence-electron chi connectivity index (χ0n) is 21.3. The van der Waals surface area contributed by atoms with E-state index in [9.17, 15) is 24.5 Å². The first kappa shape index (κ1) is 29.0. The lowest BCUT2D eigenvalue weighted by Gasteiger charge is -2.14. The van der Waals surface area contributed by atoms with Gasteiger partial charge in [0.25, 0.3) is 5.69 Å². The van der Waals surface area contributed by atoms with Gasteiger partial charge >= 0.3 is 12.1 Å². The van der Waals surface area contributed by atoms with Crippen molar-refractivity contribution in [1.82, 2.24) is 15.0 Å². The molecule has 1 aromatic carbocycles. The largest absolute Gasteiger partial charge is 0.510 e. The lowest BCUT2D eigenvalue weighted by molar-refractivity contribution is -0.385. The minimum atomic E-state index is -1.13. The van der Waals surface area contributed by atoms with E-state index in [-0.39, 0.29) is 31.1 Å². The molecular weight excluding hydrogens is 492 g/mol. The van der Waals surface area contributed by atoms with Gasteiger partial charge < -0.3 is 23.7 Å². The first-order valence-electron chi connectivity index (χ1n) is 11.6. The highest BCUT2D eigenvalue weighted by molar-refractivity contribution is 6.14. The third kappa shape index (κ3) is 7.15. The van der Waals surface area contributed by atoms with Gasteiger partial charge in [0.1, 0.15) is 5.56 Å². The molecule has 0 aliphatic rings. The van der Waals surface area contributed by atoms with Crippen LogP contribution in [0.2, 0.25) is 0 Å². The third-order valence-electron chi connectivity index (χ3n) is 5.06. The Morgan fingerprint density at radius 3 is 2.22 bits per heavy atom. The van der Waals surface area contributed by atoms with E-state index >= 15 is 0 Å². The van der Waals surface area contributed by atoms with E-state index in [0.717, 1.165) is 29.8 Å². The van der Waals surface area contributed by atoms with Crippen molar-refractivity contribution < 1.29 is 43.0 Å². The summed E-state index contributed by atoms with van der Waals surface area (Å²) in [6.45, 7) is 5.34. The number of hydrogen-bond acceptors (Lipinski definition) is 12. The molecule has 0 saturated heterocycles. The van der Waals surface area contributed by atoms with Gasteiger partial charge in [-0.05, 0) is 13.3 Å². The fourth-order valence-corrected chi connectivity index (χ4v) is 3.22. The molecule has 0 saturated carbocycles. The Kier molecular flexibility index (Phi) is 10.8. The van der Waals surface area contributed by atoms with Gasteiger partial charge in [-0.25, -0.2) is 9.59 Å². The smallest absolute Gasteiger partial charge is 0.493 e. The fourth-order valence-electron chi connectivity index (χ4n) is 3.22. The maximum absolute atomic E-state index is 13.5. The Morgan fingerprint density at radius 1 is 1.00 bits per heavy atom. The van der Waals surface area contributed by atoms with Gasteiger partial charge in [-0.15, -0.1) is 15.0 Å². The third-order valence-corrected chi connectivity index (χ3v) is 5.06. The number of aromatic nitrogens is 3. The average molecular weight is 523 g/mol. The Labute approximate surface area is 212 Å². The molecule has 2 aromatic rings. The van der Waals surface area contributed by atoms with Crippen molar-refractivity contribution in [1.29, 1.82) is 0 Å². The zero-order valence-corrected chi connectivity index (χ0v) is 21.3. The quantitative estimate of drug-likeness (QED) is 0.115. The van der Waals surface area contributed by atoms with Gasteiger partial charge in [-0.1, -0.05) is 26.7 Å². The first-order valence-corrected chi connectivity index (χ1v) is 11.6. The molecule has 0 aliphatic carbocycles. The molecule has 0 fully saturated rings. The molecule has 1 atom stereocenters. The molecule has 1 unspecified atom stereocenters. The zero-order chi connectivity index (χ0) is 27.5. The Bertz CT molecular complexity index is 1130. The molecule has 0 radical (unpaired) electrons. The van der Waals surface area contributed by atoms with Crippen molar-refractivity contribution in [2.24, 2.45) is 0 Å². The van der Waals surface area contributed by atoms with Crippen LogP contribution in [-0.4, -0.2) is 65.3 Å². The minimum Gasteiger partial charge on any atom is -0.493 e. The summed E-state index contributed by atoms with van der Waals surface area (Å²) in [5.74, 6) is -1.92. The predicted molar refractivity (Wildman–Crippen MR) is 127 cm³/mol. The van der Waals surface area contributed by atoms with Crippen LogP contribution in [0.5, 0.6) is 11.5 Å². The molecule has 37 heavy (non-hydrogen) atoms. The van der Waals surface area contributed by atoms with Crippen LogP contribution in [0.3, 0.4) is 0 Å². The number of esters is 1. The second-order valence-electron chi connectivity index (χ2n) is 7.53. The number of ketones is 1. The number of benzene rings is 1. The van der Waals surface area contributed by atoms with E-state index < -0.39 is 51.7 Å². The number of rotatable bonds is 14. The first-order chi connectivity index (χ1) is 17.7. The van der Waals surface area contributed by atoms with Gasteiger partial charge in [-0.2, -0.15) is 0 Å². The van der Waals surface area contributed by atoms with Crippen LogP contribution in [0.4, 0.5) is 10.5 Å². The highest BCUT2D eigenvalue weighted by Crippen LogP contribution is 2.35. The second-order valence-corrected chi connectivity index (χ2v) is 7.53. The topological polar surface area (TPSA) is 171 Å². The van der Waals surface area contributed by atoms with Crippen molar-refractivity contribution in [2.75, 3.05) is 27.4 Å². The van der Waals surface area contributed by atoms with Crippen LogP contribution in [0.1, 0.15) is 79.2 Å². The maximum atomic E-state index is 13.5.